The first kappa shape index (κ1) is 25.6. The molecular weight excluding hydrogens is 520 g/mol. The Bertz CT molecular complexity index is 2020. The van der Waals surface area contributed by atoms with Crippen LogP contribution >= 0.6 is 0 Å². The molecule has 0 atom stereocenters. The molecule has 2 bridgehead atoms. The molecule has 40 heavy (non-hydrogen) atoms. The summed E-state index contributed by atoms with van der Waals surface area (Å²) in [7, 11) is 0. The number of piperidine rings is 1. The third-order valence-corrected chi connectivity index (χ3v) is 7.45. The predicted molar refractivity (Wildman–Crippen MR) is 146 cm³/mol. The Morgan fingerprint density at radius 2 is 1.85 bits per heavy atom. The Hall–Kier alpha value is -4.67. The van der Waals surface area contributed by atoms with E-state index in [0.717, 1.165) is 10.5 Å². The van der Waals surface area contributed by atoms with E-state index in [0.29, 0.717) is 31.6 Å². The van der Waals surface area contributed by atoms with Crippen LogP contribution in [0.15, 0.2) is 63.2 Å². The summed E-state index contributed by atoms with van der Waals surface area (Å²) in [5.41, 5.74) is -1.32. The molecular formula is C29H25F2N5O4. The lowest BCUT2D eigenvalue weighted by molar-refractivity contribution is -0.127. The molecule has 0 unspecified atom stereocenters. The number of nitrogens with zero attached hydrogens (tertiary/aromatic N) is 5. The molecule has 5 aromatic rings. The highest BCUT2D eigenvalue weighted by Crippen LogP contribution is 2.31. The lowest BCUT2D eigenvalue weighted by atomic mass is 10.0. The van der Waals surface area contributed by atoms with Crippen LogP contribution in [0.3, 0.4) is 0 Å². The van der Waals surface area contributed by atoms with Crippen LogP contribution in [0.5, 0.6) is 0 Å². The maximum atomic E-state index is 15.8. The van der Waals surface area contributed by atoms with Gasteiger partial charge in [0.1, 0.15) is 22.4 Å². The van der Waals surface area contributed by atoms with E-state index in [4.69, 9.17) is 4.42 Å². The van der Waals surface area contributed by atoms with Crippen molar-refractivity contribution in [3.8, 4) is 0 Å². The number of likely N-dealkylation sites (tertiary alicyclic amines) is 1. The number of benzene rings is 1. The molecule has 11 heteroatoms. The highest BCUT2D eigenvalue weighted by atomic mass is 19.1. The minimum atomic E-state index is -0.923. The topological polar surface area (TPSA) is 103 Å². The number of carbonyl (C=O) groups excluding carboxylic acids is 1. The number of rotatable bonds is 3. The molecule has 1 aromatic carbocycles. The Kier molecular flexibility index (Phi) is 6.09. The summed E-state index contributed by atoms with van der Waals surface area (Å²) in [5, 5.41) is -0.203. The second-order valence-electron chi connectivity index (χ2n) is 10.2. The van der Waals surface area contributed by atoms with Crippen LogP contribution in [-0.2, 0) is 4.79 Å². The number of carbonyl (C=O) groups is 1. The fourth-order valence-electron chi connectivity index (χ4n) is 5.55. The second kappa shape index (κ2) is 9.51. The third-order valence-electron chi connectivity index (χ3n) is 7.45. The van der Waals surface area contributed by atoms with Gasteiger partial charge < -0.3 is 9.32 Å². The maximum absolute atomic E-state index is 15.8. The zero-order valence-corrected chi connectivity index (χ0v) is 21.9. The quantitative estimate of drug-likeness (QED) is 0.242. The van der Waals surface area contributed by atoms with Gasteiger partial charge in [-0.15, -0.1) is 0 Å². The van der Waals surface area contributed by atoms with E-state index in [-0.39, 0.29) is 50.6 Å². The summed E-state index contributed by atoms with van der Waals surface area (Å²) >= 11 is 0. The van der Waals surface area contributed by atoms with Crippen LogP contribution in [0, 0.1) is 11.6 Å². The van der Waals surface area contributed by atoms with Crippen molar-refractivity contribution in [1.29, 1.82) is 0 Å². The summed E-state index contributed by atoms with van der Waals surface area (Å²) in [6, 6.07) is 6.21. The minimum absolute atomic E-state index is 0.00300. The third kappa shape index (κ3) is 3.83. The molecule has 1 amide bonds. The van der Waals surface area contributed by atoms with Crippen molar-refractivity contribution in [2.75, 3.05) is 13.1 Å². The number of fused-ring (bicyclic) bond motifs is 5. The molecule has 5 heterocycles. The molecule has 4 aromatic heterocycles. The van der Waals surface area contributed by atoms with Crippen molar-refractivity contribution in [2.24, 2.45) is 0 Å². The summed E-state index contributed by atoms with van der Waals surface area (Å²) in [6.45, 7) is 7.92. The summed E-state index contributed by atoms with van der Waals surface area (Å²) in [4.78, 5) is 50.3. The molecule has 6 rings (SSSR count). The van der Waals surface area contributed by atoms with Crippen LogP contribution in [0.1, 0.15) is 44.3 Å². The van der Waals surface area contributed by atoms with Crippen molar-refractivity contribution in [3.63, 3.8) is 0 Å². The monoisotopic (exact) mass is 545 g/mol. The number of aromatic nitrogens is 4. The molecule has 0 N–H and O–H groups in total. The largest absolute Gasteiger partial charge is 0.454 e. The van der Waals surface area contributed by atoms with E-state index < -0.39 is 28.8 Å². The molecule has 0 radical (unpaired) electrons. The molecule has 9 nitrogen and oxygen atoms in total. The fraction of sp³-hybridized carbons (Fsp3) is 0.276. The smallest absolute Gasteiger partial charge is 0.322 e. The molecule has 0 spiro atoms. The van der Waals surface area contributed by atoms with Crippen molar-refractivity contribution in [3.05, 3.63) is 87.2 Å². The Balaban J connectivity index is 1.82. The first-order valence-corrected chi connectivity index (χ1v) is 13.0. The van der Waals surface area contributed by atoms with E-state index in [2.05, 4.69) is 16.5 Å². The zero-order valence-electron chi connectivity index (χ0n) is 21.9. The van der Waals surface area contributed by atoms with Gasteiger partial charge in [-0.3, -0.25) is 23.9 Å². The lowest BCUT2D eigenvalue weighted by Gasteiger charge is -2.32. The minimum Gasteiger partial charge on any atom is -0.454 e. The van der Waals surface area contributed by atoms with Gasteiger partial charge in [-0.2, -0.15) is 0 Å². The number of hydrogen-bond acceptors (Lipinski definition) is 6. The van der Waals surface area contributed by atoms with E-state index in [1.807, 2.05) is 13.8 Å². The van der Waals surface area contributed by atoms with E-state index in [1.165, 1.54) is 41.1 Å². The SMILES string of the molecule is C=CC(=O)N1CCC(n2c(=O)c(=O)n3c4nc(c(F)cc42)c2c(F)cccc2oc2ccnc(C(C)C)c23)CC1. The molecule has 1 saturated heterocycles. The van der Waals surface area contributed by atoms with Crippen molar-refractivity contribution >= 4 is 44.7 Å². The number of halogens is 2. The van der Waals surface area contributed by atoms with Crippen molar-refractivity contribution in [1.82, 2.24) is 23.8 Å². The Morgan fingerprint density at radius 1 is 1.10 bits per heavy atom. The number of pyridine rings is 2. The molecule has 204 valence electrons. The lowest BCUT2D eigenvalue weighted by Crippen LogP contribution is -2.45. The standard InChI is InChI=1S/C29H25F2N5O4/c1-4-22(37)34-12-9-16(10-13-34)35-19-14-18(31)25-23-17(30)6-5-7-20(23)40-21-8-11-32-24(15(2)3)26(21)36(27(19)33-25)29(39)28(35)38/h4-8,11,14-16H,1,9-10,12-13H2,2-3H3. The molecule has 1 fully saturated rings. The van der Waals surface area contributed by atoms with Gasteiger partial charge in [0.05, 0.1) is 16.6 Å². The summed E-state index contributed by atoms with van der Waals surface area (Å²) in [6.07, 6.45) is 3.44. The van der Waals surface area contributed by atoms with Crippen LogP contribution in [0.2, 0.25) is 0 Å². The molecule has 0 saturated carbocycles. The highest BCUT2D eigenvalue weighted by molar-refractivity contribution is 5.96. The van der Waals surface area contributed by atoms with Gasteiger partial charge in [0.15, 0.2) is 17.0 Å². The Morgan fingerprint density at radius 3 is 2.55 bits per heavy atom. The van der Waals surface area contributed by atoms with Crippen LogP contribution < -0.4 is 11.1 Å². The first-order valence-electron chi connectivity index (χ1n) is 13.0. The number of amides is 1. The van der Waals surface area contributed by atoms with Gasteiger partial charge in [-0.1, -0.05) is 26.5 Å². The summed E-state index contributed by atoms with van der Waals surface area (Å²) in [5.74, 6) is -2.07. The number of hydrogen-bond donors (Lipinski definition) is 0. The van der Waals surface area contributed by atoms with Gasteiger partial charge in [0, 0.05) is 37.5 Å². The van der Waals surface area contributed by atoms with Crippen LogP contribution in [0.4, 0.5) is 8.78 Å². The van der Waals surface area contributed by atoms with Gasteiger partial charge in [0.25, 0.3) is 0 Å². The van der Waals surface area contributed by atoms with E-state index in [9.17, 15) is 14.4 Å². The van der Waals surface area contributed by atoms with Gasteiger partial charge >= 0.3 is 11.1 Å². The van der Waals surface area contributed by atoms with Crippen LogP contribution in [-0.4, -0.2) is 42.8 Å². The van der Waals surface area contributed by atoms with Crippen molar-refractivity contribution in [2.45, 2.75) is 38.6 Å². The van der Waals surface area contributed by atoms with E-state index in [1.54, 1.807) is 4.90 Å². The van der Waals surface area contributed by atoms with Gasteiger partial charge in [-0.05, 0) is 37.0 Å². The maximum Gasteiger partial charge on any atom is 0.322 e. The van der Waals surface area contributed by atoms with Gasteiger partial charge in [0.2, 0.25) is 5.91 Å². The molecule has 1 aliphatic rings. The first-order chi connectivity index (χ1) is 19.2. The zero-order chi connectivity index (χ0) is 28.3. The molecule has 1 aliphatic heterocycles. The highest BCUT2D eigenvalue weighted by Gasteiger charge is 2.28. The summed E-state index contributed by atoms with van der Waals surface area (Å²) < 4.78 is 39.5. The average Bonchev–Trinajstić information content (AvgIpc) is 2.99. The molecule has 0 aliphatic carbocycles. The van der Waals surface area contributed by atoms with Gasteiger partial charge in [-0.25, -0.2) is 18.2 Å². The normalized spacial score (nSPS) is 14.6. The predicted octanol–water partition coefficient (Wildman–Crippen LogP) is 4.62. The second-order valence-corrected chi connectivity index (χ2v) is 10.2. The Labute approximate surface area is 225 Å². The van der Waals surface area contributed by atoms with Crippen molar-refractivity contribution < 1.29 is 18.0 Å². The fourth-order valence-corrected chi connectivity index (χ4v) is 5.55. The van der Waals surface area contributed by atoms with Crippen LogP contribution in [0.25, 0.3) is 38.7 Å². The average molecular weight is 546 g/mol. The van der Waals surface area contributed by atoms with E-state index >= 15 is 8.78 Å².